The van der Waals surface area contributed by atoms with Crippen LogP contribution in [0.2, 0.25) is 5.02 Å². The molecule has 4 rings (SSSR count). The lowest BCUT2D eigenvalue weighted by atomic mass is 10.1. The van der Waals surface area contributed by atoms with Crippen LogP contribution in [0.4, 0.5) is 11.4 Å². The molecule has 150 valence electrons. The van der Waals surface area contributed by atoms with Crippen molar-refractivity contribution < 1.29 is 14.1 Å². The summed E-state index contributed by atoms with van der Waals surface area (Å²) in [4.78, 5) is 25.4. The number of fused-ring (bicyclic) bond motifs is 1. The Balaban J connectivity index is 1.61. The van der Waals surface area contributed by atoms with Crippen molar-refractivity contribution >= 4 is 39.9 Å². The van der Waals surface area contributed by atoms with Gasteiger partial charge in [0.05, 0.1) is 11.0 Å². The molecule has 2 aromatic carbocycles. The number of nitrogens with zero attached hydrogens (tertiary/aromatic N) is 2. The van der Waals surface area contributed by atoms with E-state index in [-0.39, 0.29) is 23.2 Å². The first-order valence-electron chi connectivity index (χ1n) is 9.45. The molecule has 7 nitrogen and oxygen atoms in total. The zero-order valence-electron chi connectivity index (χ0n) is 15.9. The molecule has 3 aromatic rings. The number of amides is 1. The third-order valence-corrected chi connectivity index (χ3v) is 5.36. The molecular weight excluding hydrogens is 394 g/mol. The van der Waals surface area contributed by atoms with Crippen molar-refractivity contribution in [2.75, 3.05) is 18.4 Å². The minimum Gasteiger partial charge on any atom is -0.459 e. The highest BCUT2D eigenvalue weighted by Gasteiger charge is 2.27. The average molecular weight is 414 g/mol. The molecular formula is C21H20ClN3O4. The van der Waals surface area contributed by atoms with Crippen molar-refractivity contribution in [3.05, 3.63) is 68.9 Å². The maximum absolute atomic E-state index is 12.8. The lowest BCUT2D eigenvalue weighted by Crippen LogP contribution is -2.28. The van der Waals surface area contributed by atoms with Gasteiger partial charge in [-0.2, -0.15) is 0 Å². The number of hydrogen-bond donors (Lipinski definition) is 1. The number of benzene rings is 2. The number of likely N-dealkylation sites (tertiary alicyclic amines) is 1. The van der Waals surface area contributed by atoms with Gasteiger partial charge in [-0.15, -0.1) is 0 Å². The van der Waals surface area contributed by atoms with E-state index in [0.717, 1.165) is 23.8 Å². The van der Waals surface area contributed by atoms with Crippen LogP contribution in [0.3, 0.4) is 0 Å². The van der Waals surface area contributed by atoms with Gasteiger partial charge in [0.15, 0.2) is 0 Å². The third-order valence-electron chi connectivity index (χ3n) is 5.12. The topological polar surface area (TPSA) is 88.6 Å². The predicted molar refractivity (Wildman–Crippen MR) is 111 cm³/mol. The van der Waals surface area contributed by atoms with Crippen LogP contribution in [0.15, 0.2) is 46.9 Å². The fourth-order valence-corrected chi connectivity index (χ4v) is 3.80. The molecule has 2 heterocycles. The van der Waals surface area contributed by atoms with Crippen molar-refractivity contribution in [1.82, 2.24) is 4.90 Å². The molecule has 1 unspecified atom stereocenters. The smallest absolute Gasteiger partial charge is 0.282 e. The molecule has 1 aliphatic rings. The number of nitro benzene ring substituents is 1. The van der Waals surface area contributed by atoms with Crippen molar-refractivity contribution in [2.45, 2.75) is 25.8 Å². The summed E-state index contributed by atoms with van der Waals surface area (Å²) in [6.07, 6.45) is 1.84. The highest BCUT2D eigenvalue weighted by molar-refractivity contribution is 6.31. The fraction of sp³-hybridized carbons (Fsp3) is 0.286. The van der Waals surface area contributed by atoms with Crippen LogP contribution in [0.5, 0.6) is 0 Å². The molecule has 1 fully saturated rings. The van der Waals surface area contributed by atoms with Gasteiger partial charge >= 0.3 is 0 Å². The van der Waals surface area contributed by atoms with Crippen LogP contribution in [0.25, 0.3) is 11.0 Å². The van der Waals surface area contributed by atoms with Crippen LogP contribution < -0.4 is 5.32 Å². The molecule has 0 saturated carbocycles. The summed E-state index contributed by atoms with van der Waals surface area (Å²) < 4.78 is 5.87. The monoisotopic (exact) mass is 413 g/mol. The van der Waals surface area contributed by atoms with Gasteiger partial charge in [0.1, 0.15) is 16.9 Å². The van der Waals surface area contributed by atoms with E-state index in [1.165, 1.54) is 6.07 Å². The van der Waals surface area contributed by atoms with Crippen molar-refractivity contribution in [3.8, 4) is 0 Å². The predicted octanol–water partition coefficient (Wildman–Crippen LogP) is 5.40. The second-order valence-electron chi connectivity index (χ2n) is 7.19. The summed E-state index contributed by atoms with van der Waals surface area (Å²) in [6, 6.07) is 11.6. The summed E-state index contributed by atoms with van der Waals surface area (Å²) in [5, 5.41) is 16.2. The first-order valence-corrected chi connectivity index (χ1v) is 9.83. The zero-order valence-corrected chi connectivity index (χ0v) is 16.6. The first kappa shape index (κ1) is 19.3. The average Bonchev–Trinajstić information content (AvgIpc) is 3.36. The minimum absolute atomic E-state index is 0.102. The second-order valence-corrected chi connectivity index (χ2v) is 7.62. The molecule has 0 bridgehead atoms. The Kier molecular flexibility index (Phi) is 5.15. The van der Waals surface area contributed by atoms with Crippen molar-refractivity contribution in [1.29, 1.82) is 0 Å². The number of halogens is 1. The lowest BCUT2D eigenvalue weighted by molar-refractivity contribution is -0.385. The quantitative estimate of drug-likeness (QED) is 0.446. The van der Waals surface area contributed by atoms with E-state index in [9.17, 15) is 14.9 Å². The van der Waals surface area contributed by atoms with Gasteiger partial charge < -0.3 is 14.6 Å². The number of furan rings is 1. The summed E-state index contributed by atoms with van der Waals surface area (Å²) >= 11 is 6.03. The number of rotatable bonds is 5. The van der Waals surface area contributed by atoms with Crippen molar-refractivity contribution in [3.63, 3.8) is 0 Å². The summed E-state index contributed by atoms with van der Waals surface area (Å²) in [6.45, 7) is 3.18. The molecule has 1 N–H and O–H groups in total. The number of carbonyl (C=O) groups is 1. The maximum atomic E-state index is 12.8. The molecule has 0 aliphatic carbocycles. The van der Waals surface area contributed by atoms with E-state index in [1.54, 1.807) is 23.1 Å². The van der Waals surface area contributed by atoms with E-state index in [2.05, 4.69) is 5.32 Å². The van der Waals surface area contributed by atoms with Crippen LogP contribution in [0, 0.1) is 10.1 Å². The van der Waals surface area contributed by atoms with Gasteiger partial charge in [-0.3, -0.25) is 14.9 Å². The Bertz CT molecular complexity index is 1090. The third kappa shape index (κ3) is 3.91. The Hall–Kier alpha value is -3.06. The molecule has 0 spiro atoms. The Morgan fingerprint density at radius 1 is 1.21 bits per heavy atom. The van der Waals surface area contributed by atoms with E-state index >= 15 is 0 Å². The standard InChI is InChI=1S/C21H20ClN3O4/c1-13(20-11-14-10-15(22)4-7-19(14)29-20)23-16-5-6-18(25(27)28)17(12-16)21(26)24-8-2-3-9-24/h4-7,10-13,23H,2-3,8-9H2,1H3. The molecule has 1 aliphatic heterocycles. The van der Waals surface area contributed by atoms with Gasteiger partial charge in [0.2, 0.25) is 0 Å². The number of nitrogens with one attached hydrogen (secondary N) is 1. The summed E-state index contributed by atoms with van der Waals surface area (Å²) in [5.41, 5.74) is 1.26. The lowest BCUT2D eigenvalue weighted by Gasteiger charge is -2.17. The fourth-order valence-electron chi connectivity index (χ4n) is 3.62. The number of hydrogen-bond acceptors (Lipinski definition) is 5. The van der Waals surface area contributed by atoms with E-state index in [1.807, 2.05) is 25.1 Å². The zero-order chi connectivity index (χ0) is 20.5. The van der Waals surface area contributed by atoms with Crippen LogP contribution >= 0.6 is 11.6 Å². The van der Waals surface area contributed by atoms with Gasteiger partial charge in [0, 0.05) is 35.3 Å². The van der Waals surface area contributed by atoms with E-state index < -0.39 is 4.92 Å². The highest BCUT2D eigenvalue weighted by Crippen LogP contribution is 2.30. The number of carbonyl (C=O) groups excluding carboxylic acids is 1. The van der Waals surface area contributed by atoms with Crippen LogP contribution in [-0.2, 0) is 0 Å². The largest absolute Gasteiger partial charge is 0.459 e. The molecule has 29 heavy (non-hydrogen) atoms. The number of nitro groups is 1. The van der Waals surface area contributed by atoms with Gasteiger partial charge in [-0.25, -0.2) is 0 Å². The SMILES string of the molecule is CC(Nc1ccc([N+](=O)[O-])c(C(=O)N2CCCC2)c1)c1cc2cc(Cl)ccc2o1. The van der Waals surface area contributed by atoms with E-state index in [0.29, 0.717) is 29.6 Å². The highest BCUT2D eigenvalue weighted by atomic mass is 35.5. The van der Waals surface area contributed by atoms with E-state index in [4.69, 9.17) is 16.0 Å². The first-order chi connectivity index (χ1) is 13.9. The minimum atomic E-state index is -0.514. The van der Waals surface area contributed by atoms with Gasteiger partial charge in [-0.05, 0) is 56.2 Å². The van der Waals surface area contributed by atoms with Crippen LogP contribution in [-0.4, -0.2) is 28.8 Å². The second kappa shape index (κ2) is 7.75. The van der Waals surface area contributed by atoms with Gasteiger partial charge in [-0.1, -0.05) is 11.6 Å². The summed E-state index contributed by atoms with van der Waals surface area (Å²) in [5.74, 6) is 0.400. The molecule has 1 atom stereocenters. The Morgan fingerprint density at radius 2 is 1.97 bits per heavy atom. The molecule has 1 saturated heterocycles. The van der Waals surface area contributed by atoms with Crippen LogP contribution in [0.1, 0.15) is 41.9 Å². The molecule has 1 aromatic heterocycles. The normalized spacial score (nSPS) is 14.9. The Labute approximate surface area is 172 Å². The maximum Gasteiger partial charge on any atom is 0.282 e. The Morgan fingerprint density at radius 3 is 2.69 bits per heavy atom. The molecule has 8 heteroatoms. The molecule has 0 radical (unpaired) electrons. The number of anilines is 1. The molecule has 1 amide bonds. The van der Waals surface area contributed by atoms with Gasteiger partial charge in [0.25, 0.3) is 11.6 Å². The summed E-state index contributed by atoms with van der Waals surface area (Å²) in [7, 11) is 0. The van der Waals surface area contributed by atoms with Crippen molar-refractivity contribution in [2.24, 2.45) is 0 Å².